The van der Waals surface area contributed by atoms with Crippen LogP contribution < -0.4 is 15.4 Å². The molecule has 0 bridgehead atoms. The average Bonchev–Trinajstić information content (AvgIpc) is 3.30. The van der Waals surface area contributed by atoms with Crippen molar-refractivity contribution >= 4 is 17.7 Å². The fraction of sp³-hybridized carbons (Fsp3) is 0.308. The summed E-state index contributed by atoms with van der Waals surface area (Å²) in [5.74, 6) is -0.930. The van der Waals surface area contributed by atoms with Gasteiger partial charge in [-0.3, -0.25) is 19.1 Å². The molecule has 2 aromatic carbocycles. The van der Waals surface area contributed by atoms with Gasteiger partial charge in [0.25, 0.3) is 11.8 Å². The van der Waals surface area contributed by atoms with Gasteiger partial charge in [0, 0.05) is 31.8 Å². The van der Waals surface area contributed by atoms with E-state index in [1.54, 1.807) is 26.1 Å². The van der Waals surface area contributed by atoms with Crippen LogP contribution in [-0.4, -0.2) is 51.6 Å². The van der Waals surface area contributed by atoms with E-state index in [-0.39, 0.29) is 42.7 Å². The Bertz CT molecular complexity index is 1290. The van der Waals surface area contributed by atoms with Gasteiger partial charge in [-0.2, -0.15) is 5.10 Å². The molecule has 1 aromatic heterocycles. The molecule has 1 aliphatic heterocycles. The number of hydrogen-bond donors (Lipinski definition) is 2. The van der Waals surface area contributed by atoms with E-state index in [1.807, 2.05) is 31.2 Å². The first kappa shape index (κ1) is 24.9. The summed E-state index contributed by atoms with van der Waals surface area (Å²) >= 11 is 0. The zero-order valence-corrected chi connectivity index (χ0v) is 20.4. The number of fused-ring (bicyclic) bond motifs is 1. The van der Waals surface area contributed by atoms with E-state index in [0.717, 1.165) is 11.1 Å². The molecule has 1 aliphatic rings. The zero-order valence-electron chi connectivity index (χ0n) is 20.4. The minimum absolute atomic E-state index is 0.0697. The first-order valence-electron chi connectivity index (χ1n) is 11.6. The Morgan fingerprint density at radius 3 is 2.56 bits per heavy atom. The monoisotopic (exact) mass is 493 g/mol. The van der Waals surface area contributed by atoms with Crippen molar-refractivity contribution in [3.8, 4) is 5.75 Å². The topological polar surface area (TPSA) is 106 Å². The fourth-order valence-corrected chi connectivity index (χ4v) is 4.03. The second-order valence-corrected chi connectivity index (χ2v) is 8.74. The second kappa shape index (κ2) is 10.2. The Morgan fingerprint density at radius 2 is 1.83 bits per heavy atom. The van der Waals surface area contributed by atoms with Gasteiger partial charge in [0.1, 0.15) is 22.8 Å². The molecule has 0 radical (unpaired) electrons. The maximum absolute atomic E-state index is 13.1. The molecule has 0 aliphatic carbocycles. The lowest BCUT2D eigenvalue weighted by Gasteiger charge is -2.40. The Labute approximate surface area is 208 Å². The molecule has 0 saturated carbocycles. The maximum Gasteiger partial charge on any atom is 0.272 e. The highest BCUT2D eigenvalue weighted by Crippen LogP contribution is 2.26. The number of para-hydroxylation sites is 1. The number of carbonyl (C=O) groups is 3. The zero-order chi connectivity index (χ0) is 25.9. The first-order valence-corrected chi connectivity index (χ1v) is 11.6. The van der Waals surface area contributed by atoms with Crippen molar-refractivity contribution < 1.29 is 23.5 Å². The van der Waals surface area contributed by atoms with E-state index >= 15 is 0 Å². The Balaban J connectivity index is 1.46. The number of halogens is 1. The van der Waals surface area contributed by atoms with Gasteiger partial charge in [0.15, 0.2) is 5.69 Å². The van der Waals surface area contributed by atoms with E-state index in [9.17, 15) is 18.8 Å². The van der Waals surface area contributed by atoms with Gasteiger partial charge in [-0.15, -0.1) is 0 Å². The van der Waals surface area contributed by atoms with Crippen molar-refractivity contribution in [1.29, 1.82) is 0 Å². The molecule has 10 heteroatoms. The summed E-state index contributed by atoms with van der Waals surface area (Å²) in [6.45, 7) is 4.51. The molecule has 36 heavy (non-hydrogen) atoms. The summed E-state index contributed by atoms with van der Waals surface area (Å²) in [7, 11) is 1.54. The normalized spacial score (nSPS) is 16.9. The number of amides is 3. The van der Waals surface area contributed by atoms with Crippen LogP contribution in [0.25, 0.3) is 0 Å². The molecular weight excluding hydrogens is 465 g/mol. The Morgan fingerprint density at radius 1 is 1.11 bits per heavy atom. The summed E-state index contributed by atoms with van der Waals surface area (Å²) in [5.41, 5.74) is 0.610. The number of ether oxygens (including phenoxy) is 1. The number of benzene rings is 2. The highest BCUT2D eigenvalue weighted by atomic mass is 19.1. The lowest BCUT2D eigenvalue weighted by atomic mass is 9.96. The summed E-state index contributed by atoms with van der Waals surface area (Å²) in [6, 6.07) is 14.6. The SMILES string of the molecule is CCOc1ccccc1CNC(=O)c1cc2n(n1)C[C@@](C)(C(=O)NCc1ccc(F)cc1)N(C)C2=O. The molecule has 2 heterocycles. The number of aromatic nitrogens is 2. The summed E-state index contributed by atoms with van der Waals surface area (Å²) in [4.78, 5) is 40.3. The van der Waals surface area contributed by atoms with E-state index in [0.29, 0.717) is 12.4 Å². The molecule has 0 unspecified atom stereocenters. The van der Waals surface area contributed by atoms with Crippen molar-refractivity contribution in [2.24, 2.45) is 0 Å². The van der Waals surface area contributed by atoms with Crippen LogP contribution in [0.2, 0.25) is 0 Å². The average molecular weight is 494 g/mol. The van der Waals surface area contributed by atoms with Gasteiger partial charge in [0.05, 0.1) is 13.2 Å². The fourth-order valence-electron chi connectivity index (χ4n) is 4.03. The predicted molar refractivity (Wildman–Crippen MR) is 130 cm³/mol. The van der Waals surface area contributed by atoms with Gasteiger partial charge in [-0.05, 0) is 37.6 Å². The van der Waals surface area contributed by atoms with E-state index in [1.165, 1.54) is 27.8 Å². The second-order valence-electron chi connectivity index (χ2n) is 8.74. The largest absolute Gasteiger partial charge is 0.494 e. The molecule has 3 aromatic rings. The first-order chi connectivity index (χ1) is 17.2. The van der Waals surface area contributed by atoms with Crippen LogP contribution in [0.5, 0.6) is 5.75 Å². The third-order valence-electron chi connectivity index (χ3n) is 6.30. The molecule has 0 saturated heterocycles. The van der Waals surface area contributed by atoms with Crippen LogP contribution >= 0.6 is 0 Å². The van der Waals surface area contributed by atoms with Crippen LogP contribution in [0.4, 0.5) is 4.39 Å². The van der Waals surface area contributed by atoms with Gasteiger partial charge in [-0.25, -0.2) is 4.39 Å². The number of carbonyl (C=O) groups excluding carboxylic acids is 3. The smallest absolute Gasteiger partial charge is 0.272 e. The number of nitrogens with zero attached hydrogens (tertiary/aromatic N) is 3. The molecule has 3 amide bonds. The minimum atomic E-state index is -1.24. The van der Waals surface area contributed by atoms with Crippen LogP contribution in [0, 0.1) is 5.82 Å². The molecule has 1 atom stereocenters. The summed E-state index contributed by atoms with van der Waals surface area (Å²) < 4.78 is 20.1. The van der Waals surface area contributed by atoms with Crippen LogP contribution in [0.15, 0.2) is 54.6 Å². The van der Waals surface area contributed by atoms with Crippen molar-refractivity contribution in [1.82, 2.24) is 25.3 Å². The summed E-state index contributed by atoms with van der Waals surface area (Å²) in [6.07, 6.45) is 0. The lowest BCUT2D eigenvalue weighted by Crippen LogP contribution is -2.62. The highest BCUT2D eigenvalue weighted by molar-refractivity contribution is 6.01. The van der Waals surface area contributed by atoms with Gasteiger partial charge in [0.2, 0.25) is 5.91 Å². The third kappa shape index (κ3) is 4.93. The standard InChI is InChI=1S/C26H28FN5O4/c1-4-36-22-8-6-5-7-18(22)15-28-23(33)20-13-21-24(34)31(3)26(2,16-32(21)30-20)25(35)29-14-17-9-11-19(27)12-10-17/h5-13H,4,14-16H2,1-3H3,(H,28,33)(H,29,35)/t26-/m0/s1. The molecule has 4 rings (SSSR count). The molecule has 188 valence electrons. The van der Waals surface area contributed by atoms with Crippen molar-refractivity contribution in [3.05, 3.63) is 82.9 Å². The van der Waals surface area contributed by atoms with Crippen molar-refractivity contribution in [3.63, 3.8) is 0 Å². The van der Waals surface area contributed by atoms with Crippen molar-refractivity contribution in [2.75, 3.05) is 13.7 Å². The van der Waals surface area contributed by atoms with E-state index in [4.69, 9.17) is 4.74 Å². The molecule has 9 nitrogen and oxygen atoms in total. The van der Waals surface area contributed by atoms with Crippen LogP contribution in [0.3, 0.4) is 0 Å². The number of nitrogens with one attached hydrogen (secondary N) is 2. The van der Waals surface area contributed by atoms with Gasteiger partial charge < -0.3 is 20.3 Å². The van der Waals surface area contributed by atoms with E-state index in [2.05, 4.69) is 15.7 Å². The Hall–Kier alpha value is -4.21. The van der Waals surface area contributed by atoms with Crippen LogP contribution in [-0.2, 0) is 24.4 Å². The molecule has 2 N–H and O–H groups in total. The van der Waals surface area contributed by atoms with Gasteiger partial charge in [-0.1, -0.05) is 30.3 Å². The lowest BCUT2D eigenvalue weighted by molar-refractivity contribution is -0.132. The minimum Gasteiger partial charge on any atom is -0.494 e. The van der Waals surface area contributed by atoms with E-state index < -0.39 is 17.4 Å². The maximum atomic E-state index is 13.1. The van der Waals surface area contributed by atoms with Crippen LogP contribution in [0.1, 0.15) is 46.0 Å². The predicted octanol–water partition coefficient (Wildman–Crippen LogP) is 2.51. The third-order valence-corrected chi connectivity index (χ3v) is 6.30. The number of hydrogen-bond acceptors (Lipinski definition) is 5. The molecule has 0 spiro atoms. The molecule has 0 fully saturated rings. The summed E-state index contributed by atoms with van der Waals surface area (Å²) in [5, 5.41) is 9.93. The van der Waals surface area contributed by atoms with Crippen molar-refractivity contribution in [2.45, 2.75) is 39.0 Å². The number of rotatable bonds is 8. The van der Waals surface area contributed by atoms with Gasteiger partial charge >= 0.3 is 0 Å². The number of likely N-dealkylation sites (N-methyl/N-ethyl adjacent to an activating group) is 1. The molecular formula is C26H28FN5O4. The highest BCUT2D eigenvalue weighted by Gasteiger charge is 2.46. The quantitative estimate of drug-likeness (QED) is 0.502. The Kier molecular flexibility index (Phi) is 7.05.